The van der Waals surface area contributed by atoms with Gasteiger partial charge in [-0.1, -0.05) is 18.2 Å². The number of ether oxygens (including phenoxy) is 1. The molecule has 0 N–H and O–H groups in total. The van der Waals surface area contributed by atoms with Crippen LogP contribution in [0.15, 0.2) is 41.8 Å². The highest BCUT2D eigenvalue weighted by Gasteiger charge is 2.14. The Hall–Kier alpha value is -1.61. The van der Waals surface area contributed by atoms with Crippen LogP contribution >= 0.6 is 11.3 Å². The Kier molecular flexibility index (Phi) is 3.37. The number of carbonyl (C=O) groups is 1. The van der Waals surface area contributed by atoms with E-state index in [0.717, 1.165) is 4.88 Å². The molecule has 3 heteroatoms. The van der Waals surface area contributed by atoms with Crippen LogP contribution in [0.1, 0.15) is 22.2 Å². The lowest BCUT2D eigenvalue weighted by molar-refractivity contribution is 0.103. The summed E-state index contributed by atoms with van der Waals surface area (Å²) in [4.78, 5) is 12.9. The molecule has 0 radical (unpaired) electrons. The Labute approximate surface area is 98.5 Å². The summed E-state index contributed by atoms with van der Waals surface area (Å²) in [6, 6.07) is 11.0. The summed E-state index contributed by atoms with van der Waals surface area (Å²) in [6.45, 7) is 2.47. The quantitative estimate of drug-likeness (QED) is 0.755. The van der Waals surface area contributed by atoms with Gasteiger partial charge < -0.3 is 4.74 Å². The third-order valence-electron chi connectivity index (χ3n) is 2.18. The fourth-order valence-electron chi connectivity index (χ4n) is 1.48. The van der Waals surface area contributed by atoms with Crippen molar-refractivity contribution in [3.05, 3.63) is 52.2 Å². The van der Waals surface area contributed by atoms with Gasteiger partial charge in [0, 0.05) is 0 Å². The van der Waals surface area contributed by atoms with Crippen LogP contribution in [0.3, 0.4) is 0 Å². The molecule has 1 heterocycles. The molecule has 16 heavy (non-hydrogen) atoms. The van der Waals surface area contributed by atoms with Crippen molar-refractivity contribution in [1.29, 1.82) is 0 Å². The van der Waals surface area contributed by atoms with Crippen molar-refractivity contribution in [2.75, 3.05) is 6.61 Å². The minimum Gasteiger partial charge on any atom is -0.493 e. The van der Waals surface area contributed by atoms with Crippen LogP contribution < -0.4 is 4.74 Å². The predicted molar refractivity (Wildman–Crippen MR) is 65.4 cm³/mol. The van der Waals surface area contributed by atoms with Crippen LogP contribution in [0.2, 0.25) is 0 Å². The summed E-state index contributed by atoms with van der Waals surface area (Å²) in [7, 11) is 0. The first-order chi connectivity index (χ1) is 7.83. The maximum absolute atomic E-state index is 12.1. The third-order valence-corrected chi connectivity index (χ3v) is 3.05. The average Bonchev–Trinajstić information content (AvgIpc) is 2.83. The second-order valence-corrected chi connectivity index (χ2v) is 4.18. The molecule has 0 amide bonds. The van der Waals surface area contributed by atoms with E-state index in [1.165, 1.54) is 11.3 Å². The SMILES string of the molecule is CCOc1ccccc1C(=O)c1cccs1. The Bertz CT molecular complexity index is 474. The standard InChI is InChI=1S/C13H12O2S/c1-2-15-11-7-4-3-6-10(11)13(14)12-8-5-9-16-12/h3-9H,2H2,1H3. The van der Waals surface area contributed by atoms with Gasteiger partial charge in [-0.15, -0.1) is 11.3 Å². The maximum Gasteiger partial charge on any atom is 0.206 e. The zero-order valence-corrected chi connectivity index (χ0v) is 9.79. The third kappa shape index (κ3) is 2.14. The van der Waals surface area contributed by atoms with Crippen molar-refractivity contribution in [3.8, 4) is 5.75 Å². The zero-order valence-electron chi connectivity index (χ0n) is 8.97. The molecule has 1 aromatic heterocycles. The van der Waals surface area contributed by atoms with Crippen molar-refractivity contribution in [2.24, 2.45) is 0 Å². The van der Waals surface area contributed by atoms with Gasteiger partial charge in [0.15, 0.2) is 0 Å². The normalized spacial score (nSPS) is 10.1. The number of benzene rings is 1. The predicted octanol–water partition coefficient (Wildman–Crippen LogP) is 3.38. The lowest BCUT2D eigenvalue weighted by Gasteiger charge is -2.07. The minimum absolute atomic E-state index is 0.0269. The van der Waals surface area contributed by atoms with E-state index < -0.39 is 0 Å². The first-order valence-corrected chi connectivity index (χ1v) is 6.01. The molecule has 2 aromatic rings. The number of rotatable bonds is 4. The van der Waals surface area contributed by atoms with Crippen LogP contribution in [0.25, 0.3) is 0 Å². The topological polar surface area (TPSA) is 26.3 Å². The van der Waals surface area contributed by atoms with E-state index in [2.05, 4.69) is 0 Å². The van der Waals surface area contributed by atoms with Crippen molar-refractivity contribution in [1.82, 2.24) is 0 Å². The highest BCUT2D eigenvalue weighted by molar-refractivity contribution is 7.12. The van der Waals surface area contributed by atoms with Gasteiger partial charge in [-0.3, -0.25) is 4.79 Å². The zero-order chi connectivity index (χ0) is 11.4. The average molecular weight is 232 g/mol. The Morgan fingerprint density at radius 2 is 2.06 bits per heavy atom. The van der Waals surface area contributed by atoms with E-state index in [-0.39, 0.29) is 5.78 Å². The molecule has 82 valence electrons. The van der Waals surface area contributed by atoms with Crippen LogP contribution in [-0.4, -0.2) is 12.4 Å². The number of carbonyl (C=O) groups excluding carboxylic acids is 1. The summed E-state index contributed by atoms with van der Waals surface area (Å²) in [6.07, 6.45) is 0. The monoisotopic (exact) mass is 232 g/mol. The van der Waals surface area contributed by atoms with E-state index >= 15 is 0 Å². The van der Waals surface area contributed by atoms with Gasteiger partial charge in [-0.05, 0) is 30.5 Å². The van der Waals surface area contributed by atoms with E-state index in [1.807, 2.05) is 42.6 Å². The molecule has 2 rings (SSSR count). The Balaban J connectivity index is 2.36. The molecular formula is C13H12O2S. The van der Waals surface area contributed by atoms with Crippen molar-refractivity contribution in [2.45, 2.75) is 6.92 Å². The van der Waals surface area contributed by atoms with E-state index in [0.29, 0.717) is 17.9 Å². The van der Waals surface area contributed by atoms with Gasteiger partial charge in [-0.25, -0.2) is 0 Å². The number of para-hydroxylation sites is 1. The number of hydrogen-bond acceptors (Lipinski definition) is 3. The molecule has 0 saturated heterocycles. The first-order valence-electron chi connectivity index (χ1n) is 5.13. The molecule has 0 bridgehead atoms. The molecule has 0 aliphatic carbocycles. The van der Waals surface area contributed by atoms with E-state index in [4.69, 9.17) is 4.74 Å². The second-order valence-electron chi connectivity index (χ2n) is 3.24. The molecule has 2 nitrogen and oxygen atoms in total. The smallest absolute Gasteiger partial charge is 0.206 e. The summed E-state index contributed by atoms with van der Waals surface area (Å²) in [5.74, 6) is 0.683. The highest BCUT2D eigenvalue weighted by atomic mass is 32.1. The lowest BCUT2D eigenvalue weighted by atomic mass is 10.1. The van der Waals surface area contributed by atoms with Crippen molar-refractivity contribution < 1.29 is 9.53 Å². The maximum atomic E-state index is 12.1. The Morgan fingerprint density at radius 3 is 2.75 bits per heavy atom. The molecular weight excluding hydrogens is 220 g/mol. The minimum atomic E-state index is 0.0269. The molecule has 0 unspecified atom stereocenters. The summed E-state index contributed by atoms with van der Waals surface area (Å²) < 4.78 is 5.44. The summed E-state index contributed by atoms with van der Waals surface area (Å²) in [5.41, 5.74) is 0.631. The molecule has 0 fully saturated rings. The lowest BCUT2D eigenvalue weighted by Crippen LogP contribution is -2.03. The molecule has 0 atom stereocenters. The largest absolute Gasteiger partial charge is 0.493 e. The van der Waals surface area contributed by atoms with Gasteiger partial charge in [0.1, 0.15) is 5.75 Å². The molecule has 0 saturated carbocycles. The van der Waals surface area contributed by atoms with E-state index in [1.54, 1.807) is 6.07 Å². The van der Waals surface area contributed by atoms with Crippen LogP contribution in [0.5, 0.6) is 5.75 Å². The summed E-state index contributed by atoms with van der Waals surface area (Å²) >= 11 is 1.45. The molecule has 0 aliphatic rings. The van der Waals surface area contributed by atoms with Crippen molar-refractivity contribution in [3.63, 3.8) is 0 Å². The summed E-state index contributed by atoms with van der Waals surface area (Å²) in [5, 5.41) is 1.90. The van der Waals surface area contributed by atoms with Gasteiger partial charge in [0.05, 0.1) is 17.0 Å². The van der Waals surface area contributed by atoms with Crippen LogP contribution in [0, 0.1) is 0 Å². The number of hydrogen-bond donors (Lipinski definition) is 0. The first kappa shape index (κ1) is 10.9. The number of ketones is 1. The second kappa shape index (κ2) is 4.94. The highest BCUT2D eigenvalue weighted by Crippen LogP contribution is 2.23. The molecule has 0 aliphatic heterocycles. The van der Waals surface area contributed by atoms with Crippen LogP contribution in [-0.2, 0) is 0 Å². The van der Waals surface area contributed by atoms with Gasteiger partial charge in [0.2, 0.25) is 5.78 Å². The van der Waals surface area contributed by atoms with Gasteiger partial charge >= 0.3 is 0 Å². The fourth-order valence-corrected chi connectivity index (χ4v) is 2.15. The van der Waals surface area contributed by atoms with Gasteiger partial charge in [0.25, 0.3) is 0 Å². The van der Waals surface area contributed by atoms with Gasteiger partial charge in [-0.2, -0.15) is 0 Å². The van der Waals surface area contributed by atoms with Crippen LogP contribution in [0.4, 0.5) is 0 Å². The molecule has 1 aromatic carbocycles. The number of thiophene rings is 1. The fraction of sp³-hybridized carbons (Fsp3) is 0.154. The molecule has 0 spiro atoms. The van der Waals surface area contributed by atoms with E-state index in [9.17, 15) is 4.79 Å². The van der Waals surface area contributed by atoms with Crippen molar-refractivity contribution >= 4 is 17.1 Å². The Morgan fingerprint density at radius 1 is 1.25 bits per heavy atom.